The van der Waals surface area contributed by atoms with Crippen molar-refractivity contribution in [2.75, 3.05) is 0 Å². The molecule has 0 aromatic rings. The molecule has 0 unspecified atom stereocenters. The van der Waals surface area contributed by atoms with Crippen LogP contribution in [0.1, 0.15) is 27.7 Å². The van der Waals surface area contributed by atoms with Crippen molar-refractivity contribution >= 4 is 8.80 Å². The zero-order valence-electron chi connectivity index (χ0n) is 8.20. The standard InChI is InChI=1S/C8H18O3Si/c1-6-12(9,10-7(2)3)11-8(4)5/h6-9H,1H2,2-5H3. The lowest BCUT2D eigenvalue weighted by molar-refractivity contribution is 0.0592. The third kappa shape index (κ3) is 4.66. The molecule has 72 valence electrons. The summed E-state index contributed by atoms with van der Waals surface area (Å²) in [7, 11) is -3.09. The van der Waals surface area contributed by atoms with Crippen LogP contribution in [0.3, 0.4) is 0 Å². The SMILES string of the molecule is C=C[Si](O)(OC(C)C)OC(C)C. The lowest BCUT2D eigenvalue weighted by Crippen LogP contribution is -2.44. The Labute approximate surface area is 75.4 Å². The molecule has 0 aromatic heterocycles. The van der Waals surface area contributed by atoms with E-state index in [2.05, 4.69) is 6.58 Å². The van der Waals surface area contributed by atoms with Crippen molar-refractivity contribution in [3.05, 3.63) is 12.3 Å². The van der Waals surface area contributed by atoms with Gasteiger partial charge in [0.2, 0.25) is 0 Å². The van der Waals surface area contributed by atoms with Crippen molar-refractivity contribution in [3.8, 4) is 0 Å². The van der Waals surface area contributed by atoms with Crippen LogP contribution < -0.4 is 0 Å². The molecule has 0 heterocycles. The predicted molar refractivity (Wildman–Crippen MR) is 50.6 cm³/mol. The van der Waals surface area contributed by atoms with E-state index in [-0.39, 0.29) is 12.2 Å². The zero-order chi connectivity index (χ0) is 9.78. The van der Waals surface area contributed by atoms with Gasteiger partial charge in [-0.1, -0.05) is 6.58 Å². The lowest BCUT2D eigenvalue weighted by Gasteiger charge is -2.24. The maximum Gasteiger partial charge on any atom is 0.526 e. The molecule has 1 N–H and O–H groups in total. The second-order valence-corrected chi connectivity index (χ2v) is 5.31. The van der Waals surface area contributed by atoms with Crippen LogP contribution in [-0.2, 0) is 8.85 Å². The van der Waals surface area contributed by atoms with Gasteiger partial charge in [0.25, 0.3) is 0 Å². The Morgan fingerprint density at radius 3 is 1.67 bits per heavy atom. The third-order valence-electron chi connectivity index (χ3n) is 1.07. The van der Waals surface area contributed by atoms with E-state index in [1.54, 1.807) is 0 Å². The summed E-state index contributed by atoms with van der Waals surface area (Å²) < 4.78 is 10.5. The normalized spacial score (nSPS) is 12.6. The van der Waals surface area contributed by atoms with Crippen LogP contribution in [0.2, 0.25) is 0 Å². The molecule has 0 radical (unpaired) electrons. The van der Waals surface area contributed by atoms with Gasteiger partial charge in [0, 0.05) is 12.2 Å². The van der Waals surface area contributed by atoms with Crippen LogP contribution >= 0.6 is 0 Å². The minimum Gasteiger partial charge on any atom is -0.387 e. The largest absolute Gasteiger partial charge is 0.526 e. The quantitative estimate of drug-likeness (QED) is 0.668. The van der Waals surface area contributed by atoms with E-state index in [1.807, 2.05) is 27.7 Å². The summed E-state index contributed by atoms with van der Waals surface area (Å²) in [5.41, 5.74) is 1.38. The van der Waals surface area contributed by atoms with Gasteiger partial charge in [-0.25, -0.2) is 0 Å². The van der Waals surface area contributed by atoms with Crippen LogP contribution in [0.15, 0.2) is 12.3 Å². The van der Waals surface area contributed by atoms with E-state index >= 15 is 0 Å². The average Bonchev–Trinajstić information content (AvgIpc) is 1.83. The maximum absolute atomic E-state index is 9.74. The first-order valence-corrected chi connectivity index (χ1v) is 5.95. The number of hydrogen-bond donors (Lipinski definition) is 1. The van der Waals surface area contributed by atoms with Crippen LogP contribution in [-0.4, -0.2) is 25.8 Å². The fraction of sp³-hybridized carbons (Fsp3) is 0.750. The molecule has 0 saturated carbocycles. The van der Waals surface area contributed by atoms with Crippen molar-refractivity contribution in [2.24, 2.45) is 0 Å². The van der Waals surface area contributed by atoms with E-state index in [9.17, 15) is 4.80 Å². The molecule has 0 amide bonds. The van der Waals surface area contributed by atoms with Crippen molar-refractivity contribution in [3.63, 3.8) is 0 Å². The molecule has 0 aromatic carbocycles. The molecule has 0 rings (SSSR count). The lowest BCUT2D eigenvalue weighted by atomic mass is 10.5. The van der Waals surface area contributed by atoms with Gasteiger partial charge in [0.1, 0.15) is 0 Å². The summed E-state index contributed by atoms with van der Waals surface area (Å²) in [5.74, 6) is 0. The summed E-state index contributed by atoms with van der Waals surface area (Å²) in [6, 6.07) is 0. The Morgan fingerprint density at radius 2 is 1.50 bits per heavy atom. The minimum absolute atomic E-state index is 0.0431. The van der Waals surface area contributed by atoms with Gasteiger partial charge in [-0.05, 0) is 33.4 Å². The van der Waals surface area contributed by atoms with E-state index in [0.29, 0.717) is 0 Å². The van der Waals surface area contributed by atoms with Crippen molar-refractivity contribution in [1.29, 1.82) is 0 Å². The molecule has 0 aliphatic heterocycles. The summed E-state index contributed by atoms with van der Waals surface area (Å²) in [4.78, 5) is 9.74. The summed E-state index contributed by atoms with van der Waals surface area (Å²) in [5, 5.41) is 0. The fourth-order valence-electron chi connectivity index (χ4n) is 0.799. The van der Waals surface area contributed by atoms with Gasteiger partial charge in [0.15, 0.2) is 0 Å². The molecule has 0 spiro atoms. The Bertz CT molecular complexity index is 135. The van der Waals surface area contributed by atoms with Gasteiger partial charge in [-0.2, -0.15) is 0 Å². The van der Waals surface area contributed by atoms with E-state index in [4.69, 9.17) is 8.85 Å². The van der Waals surface area contributed by atoms with E-state index in [0.717, 1.165) is 0 Å². The smallest absolute Gasteiger partial charge is 0.387 e. The van der Waals surface area contributed by atoms with E-state index < -0.39 is 8.80 Å². The Morgan fingerprint density at radius 1 is 1.17 bits per heavy atom. The second kappa shape index (κ2) is 4.76. The maximum atomic E-state index is 9.74. The Kier molecular flexibility index (Phi) is 4.70. The monoisotopic (exact) mass is 190 g/mol. The number of rotatable bonds is 5. The minimum atomic E-state index is -3.09. The zero-order valence-corrected chi connectivity index (χ0v) is 9.20. The molecule has 0 saturated heterocycles. The summed E-state index contributed by atoms with van der Waals surface area (Å²) in [6.07, 6.45) is -0.0863. The van der Waals surface area contributed by atoms with Crippen LogP contribution in [0, 0.1) is 0 Å². The van der Waals surface area contributed by atoms with Gasteiger partial charge in [0.05, 0.1) is 0 Å². The first-order chi connectivity index (χ1) is 5.39. The van der Waals surface area contributed by atoms with E-state index in [1.165, 1.54) is 5.70 Å². The highest BCUT2D eigenvalue weighted by Crippen LogP contribution is 2.10. The molecule has 12 heavy (non-hydrogen) atoms. The fourth-order valence-corrected chi connectivity index (χ4v) is 2.40. The number of hydrogen-bond acceptors (Lipinski definition) is 3. The van der Waals surface area contributed by atoms with Crippen LogP contribution in [0.5, 0.6) is 0 Å². The van der Waals surface area contributed by atoms with Crippen LogP contribution in [0.25, 0.3) is 0 Å². The third-order valence-corrected chi connectivity index (χ3v) is 3.20. The predicted octanol–water partition coefficient (Wildman–Crippen LogP) is 1.49. The molecule has 0 atom stereocenters. The molecular weight excluding hydrogens is 172 g/mol. The Hall–Kier alpha value is -0.163. The highest BCUT2D eigenvalue weighted by molar-refractivity contribution is 6.64. The van der Waals surface area contributed by atoms with Gasteiger partial charge in [-0.15, -0.1) is 0 Å². The average molecular weight is 190 g/mol. The second-order valence-electron chi connectivity index (χ2n) is 3.17. The molecule has 3 nitrogen and oxygen atoms in total. The van der Waals surface area contributed by atoms with Crippen molar-refractivity contribution in [1.82, 2.24) is 0 Å². The molecule has 0 aliphatic carbocycles. The van der Waals surface area contributed by atoms with Crippen molar-refractivity contribution in [2.45, 2.75) is 39.9 Å². The summed E-state index contributed by atoms with van der Waals surface area (Å²) >= 11 is 0. The van der Waals surface area contributed by atoms with Gasteiger partial charge >= 0.3 is 8.80 Å². The van der Waals surface area contributed by atoms with Crippen molar-refractivity contribution < 1.29 is 13.6 Å². The Balaban J connectivity index is 4.14. The first-order valence-electron chi connectivity index (χ1n) is 4.11. The van der Waals surface area contributed by atoms with Gasteiger partial charge < -0.3 is 13.6 Å². The van der Waals surface area contributed by atoms with Gasteiger partial charge in [-0.3, -0.25) is 0 Å². The highest BCUT2D eigenvalue weighted by atomic mass is 28.4. The molecule has 0 aliphatic rings. The molecule has 0 bridgehead atoms. The first kappa shape index (κ1) is 11.8. The topological polar surface area (TPSA) is 38.7 Å². The summed E-state index contributed by atoms with van der Waals surface area (Å²) in [6.45, 7) is 10.9. The molecule has 0 fully saturated rings. The van der Waals surface area contributed by atoms with Crippen LogP contribution in [0.4, 0.5) is 0 Å². The molecular formula is C8H18O3Si. The molecule has 4 heteroatoms. The highest BCUT2D eigenvalue weighted by Gasteiger charge is 2.35.